The standard InChI is InChI=1S/C24H31N3O2/c1-25(2)15-10-16-26(3)22(28)18-24(17-19-11-6-5-7-12-19)20-13-8-9-14-21(20)27(4)23(24)29/h5-9,11-14H,10,15-18H2,1-4H3/t24-/m0/s1. The summed E-state index contributed by atoms with van der Waals surface area (Å²) in [4.78, 5) is 32.3. The molecule has 0 saturated carbocycles. The van der Waals surface area contributed by atoms with Gasteiger partial charge in [0, 0.05) is 32.7 Å². The Morgan fingerprint density at radius 1 is 0.966 bits per heavy atom. The maximum atomic E-state index is 13.5. The summed E-state index contributed by atoms with van der Waals surface area (Å²) in [5.41, 5.74) is 2.05. The smallest absolute Gasteiger partial charge is 0.238 e. The Bertz CT molecular complexity index is 865. The van der Waals surface area contributed by atoms with Gasteiger partial charge in [-0.15, -0.1) is 0 Å². The number of carbonyl (C=O) groups excluding carboxylic acids is 2. The molecule has 5 heteroatoms. The van der Waals surface area contributed by atoms with Gasteiger partial charge in [-0.3, -0.25) is 9.59 Å². The zero-order chi connectivity index (χ0) is 21.0. The number of hydrogen-bond acceptors (Lipinski definition) is 3. The zero-order valence-electron chi connectivity index (χ0n) is 17.9. The third-order valence-electron chi connectivity index (χ3n) is 5.82. The Hall–Kier alpha value is -2.66. The summed E-state index contributed by atoms with van der Waals surface area (Å²) < 4.78 is 0. The molecule has 1 aliphatic heterocycles. The number of likely N-dealkylation sites (N-methyl/N-ethyl adjacent to an activating group) is 1. The second-order valence-electron chi connectivity index (χ2n) is 8.27. The van der Waals surface area contributed by atoms with E-state index in [9.17, 15) is 9.59 Å². The number of rotatable bonds is 8. The van der Waals surface area contributed by atoms with E-state index in [1.807, 2.05) is 75.7 Å². The molecule has 1 atom stereocenters. The number of amides is 2. The van der Waals surface area contributed by atoms with Crippen LogP contribution in [0, 0.1) is 0 Å². The van der Waals surface area contributed by atoms with Crippen molar-refractivity contribution in [3.8, 4) is 0 Å². The molecule has 0 bridgehead atoms. The van der Waals surface area contributed by atoms with Crippen LogP contribution in [0.15, 0.2) is 54.6 Å². The molecule has 2 aromatic rings. The molecule has 154 valence electrons. The summed E-state index contributed by atoms with van der Waals surface area (Å²) in [5.74, 6) is 0.00994. The molecule has 1 heterocycles. The van der Waals surface area contributed by atoms with Crippen LogP contribution in [0.2, 0.25) is 0 Å². The van der Waals surface area contributed by atoms with E-state index in [4.69, 9.17) is 0 Å². The molecule has 0 spiro atoms. The number of anilines is 1. The van der Waals surface area contributed by atoms with Gasteiger partial charge in [0.1, 0.15) is 0 Å². The van der Waals surface area contributed by atoms with Gasteiger partial charge in [0.15, 0.2) is 0 Å². The molecule has 0 unspecified atom stereocenters. The minimum Gasteiger partial charge on any atom is -0.346 e. The van der Waals surface area contributed by atoms with E-state index >= 15 is 0 Å². The molecule has 0 saturated heterocycles. The summed E-state index contributed by atoms with van der Waals surface area (Å²) >= 11 is 0. The second kappa shape index (κ2) is 8.78. The molecule has 2 aromatic carbocycles. The van der Waals surface area contributed by atoms with E-state index in [1.54, 1.807) is 16.8 Å². The van der Waals surface area contributed by atoms with Crippen LogP contribution in [0.3, 0.4) is 0 Å². The first-order chi connectivity index (χ1) is 13.8. The molecule has 0 aliphatic carbocycles. The van der Waals surface area contributed by atoms with Crippen LogP contribution in [-0.2, 0) is 21.4 Å². The lowest BCUT2D eigenvalue weighted by molar-refractivity contribution is -0.135. The second-order valence-corrected chi connectivity index (χ2v) is 8.27. The first-order valence-corrected chi connectivity index (χ1v) is 10.2. The molecule has 2 amide bonds. The topological polar surface area (TPSA) is 43.9 Å². The summed E-state index contributed by atoms with van der Waals surface area (Å²) in [6.07, 6.45) is 1.61. The minimum absolute atomic E-state index is 0.00223. The van der Waals surface area contributed by atoms with Gasteiger partial charge in [-0.2, -0.15) is 0 Å². The fourth-order valence-electron chi connectivity index (χ4n) is 4.21. The first-order valence-electron chi connectivity index (χ1n) is 10.2. The molecular weight excluding hydrogens is 362 g/mol. The Labute approximate surface area is 173 Å². The number of fused-ring (bicyclic) bond motifs is 1. The molecule has 1 aliphatic rings. The van der Waals surface area contributed by atoms with Crippen molar-refractivity contribution in [1.82, 2.24) is 9.80 Å². The fourth-order valence-corrected chi connectivity index (χ4v) is 4.21. The monoisotopic (exact) mass is 393 g/mol. The largest absolute Gasteiger partial charge is 0.346 e. The van der Waals surface area contributed by atoms with Crippen molar-refractivity contribution >= 4 is 17.5 Å². The average Bonchev–Trinajstić information content (AvgIpc) is 2.91. The highest BCUT2D eigenvalue weighted by molar-refractivity contribution is 6.09. The summed E-state index contributed by atoms with van der Waals surface area (Å²) in [7, 11) is 7.70. The lowest BCUT2D eigenvalue weighted by Crippen LogP contribution is -2.45. The van der Waals surface area contributed by atoms with Crippen LogP contribution in [-0.4, -0.2) is 62.9 Å². The molecule has 0 fully saturated rings. The van der Waals surface area contributed by atoms with E-state index in [-0.39, 0.29) is 18.2 Å². The lowest BCUT2D eigenvalue weighted by Gasteiger charge is -2.30. The molecule has 29 heavy (non-hydrogen) atoms. The molecule has 0 radical (unpaired) electrons. The van der Waals surface area contributed by atoms with E-state index in [2.05, 4.69) is 4.90 Å². The average molecular weight is 394 g/mol. The number of benzene rings is 2. The summed E-state index contributed by atoms with van der Waals surface area (Å²) in [5, 5.41) is 0. The van der Waals surface area contributed by atoms with Gasteiger partial charge < -0.3 is 14.7 Å². The first kappa shape index (κ1) is 21.1. The Kier molecular flexibility index (Phi) is 6.38. The zero-order valence-corrected chi connectivity index (χ0v) is 17.9. The fraction of sp³-hybridized carbons (Fsp3) is 0.417. The van der Waals surface area contributed by atoms with Crippen molar-refractivity contribution < 1.29 is 9.59 Å². The van der Waals surface area contributed by atoms with Gasteiger partial charge in [-0.25, -0.2) is 0 Å². The number of nitrogens with zero attached hydrogens (tertiary/aromatic N) is 3. The van der Waals surface area contributed by atoms with E-state index in [0.717, 1.165) is 29.8 Å². The van der Waals surface area contributed by atoms with Gasteiger partial charge in [-0.05, 0) is 50.7 Å². The third-order valence-corrected chi connectivity index (χ3v) is 5.82. The maximum Gasteiger partial charge on any atom is 0.238 e. The third kappa shape index (κ3) is 4.35. The predicted molar refractivity (Wildman–Crippen MR) is 117 cm³/mol. The Balaban J connectivity index is 1.91. The highest BCUT2D eigenvalue weighted by Gasteiger charge is 2.51. The van der Waals surface area contributed by atoms with E-state index in [1.165, 1.54) is 0 Å². The van der Waals surface area contributed by atoms with E-state index < -0.39 is 5.41 Å². The van der Waals surface area contributed by atoms with Gasteiger partial charge in [-0.1, -0.05) is 48.5 Å². The van der Waals surface area contributed by atoms with Gasteiger partial charge in [0.05, 0.1) is 5.41 Å². The number of hydrogen-bond donors (Lipinski definition) is 0. The lowest BCUT2D eigenvalue weighted by atomic mass is 9.73. The molecule has 3 rings (SSSR count). The van der Waals surface area contributed by atoms with Crippen molar-refractivity contribution in [3.63, 3.8) is 0 Å². The highest BCUT2D eigenvalue weighted by Crippen LogP contribution is 2.45. The van der Waals surface area contributed by atoms with Crippen LogP contribution in [0.25, 0.3) is 0 Å². The molecular formula is C24H31N3O2. The predicted octanol–water partition coefficient (Wildman–Crippen LogP) is 2.94. The summed E-state index contributed by atoms with van der Waals surface area (Å²) in [6, 6.07) is 17.8. The van der Waals surface area contributed by atoms with Crippen molar-refractivity contribution in [1.29, 1.82) is 0 Å². The maximum absolute atomic E-state index is 13.5. The number of carbonyl (C=O) groups is 2. The highest BCUT2D eigenvalue weighted by atomic mass is 16.2. The van der Waals surface area contributed by atoms with Crippen LogP contribution in [0.5, 0.6) is 0 Å². The van der Waals surface area contributed by atoms with Crippen LogP contribution in [0.4, 0.5) is 5.69 Å². The Morgan fingerprint density at radius 2 is 1.62 bits per heavy atom. The quantitative estimate of drug-likeness (QED) is 0.693. The van der Waals surface area contributed by atoms with Gasteiger partial charge in [0.25, 0.3) is 0 Å². The van der Waals surface area contributed by atoms with Crippen LogP contribution in [0.1, 0.15) is 24.0 Å². The van der Waals surface area contributed by atoms with Gasteiger partial charge >= 0.3 is 0 Å². The van der Waals surface area contributed by atoms with Crippen molar-refractivity contribution in [3.05, 3.63) is 65.7 Å². The molecule has 0 N–H and O–H groups in total. The Morgan fingerprint density at radius 3 is 2.31 bits per heavy atom. The van der Waals surface area contributed by atoms with Crippen molar-refractivity contribution in [2.45, 2.75) is 24.7 Å². The van der Waals surface area contributed by atoms with Gasteiger partial charge in [0.2, 0.25) is 11.8 Å². The minimum atomic E-state index is -0.862. The van der Waals surface area contributed by atoms with E-state index in [0.29, 0.717) is 13.0 Å². The summed E-state index contributed by atoms with van der Waals surface area (Å²) in [6.45, 7) is 1.61. The molecule has 5 nitrogen and oxygen atoms in total. The molecule has 0 aromatic heterocycles. The number of para-hydroxylation sites is 1. The van der Waals surface area contributed by atoms with Crippen molar-refractivity contribution in [2.24, 2.45) is 0 Å². The normalized spacial score (nSPS) is 18.2. The van der Waals surface area contributed by atoms with Crippen LogP contribution < -0.4 is 4.90 Å². The van der Waals surface area contributed by atoms with Crippen molar-refractivity contribution in [2.75, 3.05) is 46.2 Å². The SMILES string of the molecule is CN(C)CCCN(C)C(=O)C[C@]1(Cc2ccccc2)C(=O)N(C)c2ccccc21. The van der Waals surface area contributed by atoms with Crippen LogP contribution >= 0.6 is 0 Å².